The van der Waals surface area contributed by atoms with E-state index in [9.17, 15) is 0 Å². The van der Waals surface area contributed by atoms with Crippen LogP contribution in [0.2, 0.25) is 0 Å². The van der Waals surface area contributed by atoms with Gasteiger partial charge in [0.15, 0.2) is 5.65 Å². The van der Waals surface area contributed by atoms with Crippen LogP contribution >= 0.6 is 0 Å². The fourth-order valence-corrected chi connectivity index (χ4v) is 3.38. The second-order valence-electron chi connectivity index (χ2n) is 6.23. The molecule has 1 aliphatic heterocycles. The van der Waals surface area contributed by atoms with Gasteiger partial charge in [-0.2, -0.15) is 0 Å². The van der Waals surface area contributed by atoms with Crippen molar-refractivity contribution in [1.82, 2.24) is 20.2 Å². The first-order valence-corrected chi connectivity index (χ1v) is 8.43. The van der Waals surface area contributed by atoms with E-state index in [0.717, 1.165) is 29.8 Å². The lowest BCUT2D eigenvalue weighted by molar-refractivity contribution is 0.0833. The van der Waals surface area contributed by atoms with E-state index in [2.05, 4.69) is 54.2 Å². The van der Waals surface area contributed by atoms with Gasteiger partial charge in [0.25, 0.3) is 0 Å². The second-order valence-corrected chi connectivity index (χ2v) is 6.23. The Bertz CT molecular complexity index is 627. The molecule has 2 aromatic rings. The molecular weight excluding hydrogens is 272 g/mol. The molecule has 0 radical (unpaired) electrons. The minimum atomic E-state index is 0.326. The first kappa shape index (κ1) is 15.4. The molecule has 2 aromatic heterocycles. The summed E-state index contributed by atoms with van der Waals surface area (Å²) in [6, 6.07) is 9.82. The number of pyridine rings is 2. The van der Waals surface area contributed by atoms with Crippen LogP contribution in [0.4, 0.5) is 0 Å². The maximum absolute atomic E-state index is 4.80. The van der Waals surface area contributed by atoms with E-state index >= 15 is 0 Å². The molecule has 118 valence electrons. The highest BCUT2D eigenvalue weighted by Gasteiger charge is 2.30. The van der Waals surface area contributed by atoms with Gasteiger partial charge in [-0.1, -0.05) is 13.8 Å². The molecule has 0 amide bonds. The largest absolute Gasteiger partial charge is 0.311 e. The summed E-state index contributed by atoms with van der Waals surface area (Å²) in [6.07, 6.45) is 4.16. The molecule has 3 rings (SSSR count). The van der Waals surface area contributed by atoms with Crippen LogP contribution in [0.25, 0.3) is 11.0 Å². The minimum absolute atomic E-state index is 0.326. The summed E-state index contributed by atoms with van der Waals surface area (Å²) in [4.78, 5) is 11.8. The van der Waals surface area contributed by atoms with E-state index < -0.39 is 0 Å². The van der Waals surface area contributed by atoms with Gasteiger partial charge in [0, 0.05) is 42.8 Å². The second kappa shape index (κ2) is 6.71. The number of aromatic nitrogens is 2. The van der Waals surface area contributed by atoms with Crippen LogP contribution in [0.5, 0.6) is 0 Å². The molecule has 0 aliphatic carbocycles. The number of nitrogens with one attached hydrogen (secondary N) is 1. The Hall–Kier alpha value is -1.52. The van der Waals surface area contributed by atoms with Gasteiger partial charge in [-0.3, -0.25) is 4.90 Å². The average Bonchev–Trinajstić information content (AvgIpc) is 2.60. The number of rotatable bonds is 4. The summed E-state index contributed by atoms with van der Waals surface area (Å²) in [5.74, 6) is 0. The molecule has 1 saturated heterocycles. The molecule has 0 aromatic carbocycles. The molecule has 1 aliphatic rings. The van der Waals surface area contributed by atoms with Crippen molar-refractivity contribution in [2.45, 2.75) is 51.7 Å². The number of hydrogen-bond acceptors (Lipinski definition) is 4. The van der Waals surface area contributed by atoms with Gasteiger partial charge >= 0.3 is 0 Å². The zero-order valence-electron chi connectivity index (χ0n) is 13.8. The Morgan fingerprint density at radius 1 is 1.27 bits per heavy atom. The van der Waals surface area contributed by atoms with E-state index in [1.807, 2.05) is 12.3 Å². The normalized spacial score (nSPS) is 24.5. The smallest absolute Gasteiger partial charge is 0.159 e. The van der Waals surface area contributed by atoms with Crippen LogP contribution in [0.15, 0.2) is 30.5 Å². The standard InChI is InChI=1S/C18H26N4/c1-4-15-12-22(16(5-2)11-20-15)13(3)17-9-8-14-7-6-10-19-18(14)21-17/h6-10,13,15-16,20H,4-5,11-12H2,1-3H3/t13?,15-,16+/m0/s1. The molecule has 3 heterocycles. The van der Waals surface area contributed by atoms with Gasteiger partial charge in [-0.25, -0.2) is 9.97 Å². The number of piperazine rings is 1. The van der Waals surface area contributed by atoms with Gasteiger partial charge in [-0.15, -0.1) is 0 Å². The molecule has 0 saturated carbocycles. The topological polar surface area (TPSA) is 41.1 Å². The number of hydrogen-bond donors (Lipinski definition) is 1. The maximum atomic E-state index is 4.80. The van der Waals surface area contributed by atoms with Crippen molar-refractivity contribution >= 4 is 11.0 Å². The van der Waals surface area contributed by atoms with Gasteiger partial charge in [-0.05, 0) is 44.0 Å². The number of fused-ring (bicyclic) bond motifs is 1. The summed E-state index contributed by atoms with van der Waals surface area (Å²) in [7, 11) is 0. The molecule has 4 heteroatoms. The van der Waals surface area contributed by atoms with Crippen LogP contribution in [-0.4, -0.2) is 40.0 Å². The van der Waals surface area contributed by atoms with Gasteiger partial charge in [0.1, 0.15) is 0 Å². The minimum Gasteiger partial charge on any atom is -0.311 e. The van der Waals surface area contributed by atoms with Gasteiger partial charge < -0.3 is 5.32 Å². The Balaban J connectivity index is 1.87. The molecule has 1 N–H and O–H groups in total. The first-order valence-electron chi connectivity index (χ1n) is 8.43. The van der Waals surface area contributed by atoms with Crippen molar-refractivity contribution in [3.05, 3.63) is 36.2 Å². The molecule has 0 spiro atoms. The van der Waals surface area contributed by atoms with Crippen molar-refractivity contribution in [2.24, 2.45) is 0 Å². The maximum Gasteiger partial charge on any atom is 0.159 e. The van der Waals surface area contributed by atoms with E-state index in [4.69, 9.17) is 4.98 Å². The van der Waals surface area contributed by atoms with Crippen molar-refractivity contribution in [2.75, 3.05) is 13.1 Å². The monoisotopic (exact) mass is 298 g/mol. The highest BCUT2D eigenvalue weighted by Crippen LogP contribution is 2.26. The van der Waals surface area contributed by atoms with Crippen LogP contribution in [-0.2, 0) is 0 Å². The first-order chi connectivity index (χ1) is 10.7. The lowest BCUT2D eigenvalue weighted by Gasteiger charge is -2.43. The third-order valence-corrected chi connectivity index (χ3v) is 4.92. The van der Waals surface area contributed by atoms with E-state index in [-0.39, 0.29) is 0 Å². The molecular formula is C18H26N4. The van der Waals surface area contributed by atoms with Crippen molar-refractivity contribution in [3.63, 3.8) is 0 Å². The summed E-state index contributed by atoms with van der Waals surface area (Å²) in [6.45, 7) is 8.97. The van der Waals surface area contributed by atoms with Crippen LogP contribution in [0, 0.1) is 0 Å². The van der Waals surface area contributed by atoms with Gasteiger partial charge in [0.2, 0.25) is 0 Å². The predicted octanol–water partition coefficient (Wildman–Crippen LogP) is 3.15. The Morgan fingerprint density at radius 2 is 2.14 bits per heavy atom. The summed E-state index contributed by atoms with van der Waals surface area (Å²) >= 11 is 0. The molecule has 1 unspecified atom stereocenters. The van der Waals surface area contributed by atoms with Crippen molar-refractivity contribution in [3.8, 4) is 0 Å². The molecule has 0 bridgehead atoms. The molecule has 22 heavy (non-hydrogen) atoms. The number of nitrogens with zero attached hydrogens (tertiary/aromatic N) is 3. The summed E-state index contributed by atoms with van der Waals surface area (Å²) in [5, 5.41) is 4.77. The van der Waals surface area contributed by atoms with E-state index in [1.165, 1.54) is 12.8 Å². The predicted molar refractivity (Wildman–Crippen MR) is 90.8 cm³/mol. The van der Waals surface area contributed by atoms with Crippen LogP contribution in [0.3, 0.4) is 0 Å². The van der Waals surface area contributed by atoms with Crippen molar-refractivity contribution in [1.29, 1.82) is 0 Å². The highest BCUT2D eigenvalue weighted by molar-refractivity contribution is 5.74. The highest BCUT2D eigenvalue weighted by atomic mass is 15.3. The zero-order valence-corrected chi connectivity index (χ0v) is 13.8. The fourth-order valence-electron chi connectivity index (χ4n) is 3.38. The van der Waals surface area contributed by atoms with E-state index in [0.29, 0.717) is 18.1 Å². The fraction of sp³-hybridized carbons (Fsp3) is 0.556. The Labute approximate surface area is 133 Å². The van der Waals surface area contributed by atoms with Crippen LogP contribution in [0.1, 0.15) is 45.3 Å². The lowest BCUT2D eigenvalue weighted by Crippen LogP contribution is -2.56. The third-order valence-electron chi connectivity index (χ3n) is 4.92. The lowest BCUT2D eigenvalue weighted by atomic mass is 10.0. The molecule has 4 nitrogen and oxygen atoms in total. The Kier molecular flexibility index (Phi) is 4.69. The van der Waals surface area contributed by atoms with Gasteiger partial charge in [0.05, 0.1) is 5.69 Å². The molecule has 1 fully saturated rings. The Morgan fingerprint density at radius 3 is 2.91 bits per heavy atom. The SMILES string of the molecule is CC[C@H]1CN(C(C)c2ccc3cccnc3n2)[C@H](CC)CN1. The average molecular weight is 298 g/mol. The molecule has 3 atom stereocenters. The summed E-state index contributed by atoms with van der Waals surface area (Å²) < 4.78 is 0. The third kappa shape index (κ3) is 2.99. The summed E-state index contributed by atoms with van der Waals surface area (Å²) in [5.41, 5.74) is 1.98. The zero-order chi connectivity index (χ0) is 15.5. The van der Waals surface area contributed by atoms with Crippen LogP contribution < -0.4 is 5.32 Å². The van der Waals surface area contributed by atoms with Crippen molar-refractivity contribution < 1.29 is 0 Å². The van der Waals surface area contributed by atoms with E-state index in [1.54, 1.807) is 0 Å². The quantitative estimate of drug-likeness (QED) is 0.941.